The molecule has 216 valence electrons. The van der Waals surface area contributed by atoms with Crippen molar-refractivity contribution in [3.63, 3.8) is 0 Å². The van der Waals surface area contributed by atoms with E-state index in [9.17, 15) is 18.8 Å². The smallest absolute Gasteiger partial charge is 0.258 e. The maximum atomic E-state index is 15.1. The number of carbonyl (C=O) groups is 3. The molecule has 3 saturated carbocycles. The van der Waals surface area contributed by atoms with Crippen LogP contribution in [0.15, 0.2) is 18.2 Å². The highest BCUT2D eigenvalue weighted by molar-refractivity contribution is 5.99. The van der Waals surface area contributed by atoms with Crippen LogP contribution in [-0.4, -0.2) is 47.4 Å². The fraction of sp³-hybridized carbons (Fsp3) is 0.710. The largest absolute Gasteiger partial charge is 0.342 e. The van der Waals surface area contributed by atoms with Crippen molar-refractivity contribution in [1.29, 1.82) is 0 Å². The number of hydrogen-bond acceptors (Lipinski definition) is 3. The Labute approximate surface area is 231 Å². The van der Waals surface area contributed by atoms with Crippen LogP contribution in [0.4, 0.5) is 14.5 Å². The van der Waals surface area contributed by atoms with Crippen molar-refractivity contribution in [2.45, 2.75) is 103 Å². The average molecular weight is 546 g/mol. The summed E-state index contributed by atoms with van der Waals surface area (Å²) in [6.45, 7) is 7.84. The van der Waals surface area contributed by atoms with Crippen molar-refractivity contribution in [1.82, 2.24) is 10.2 Å². The van der Waals surface area contributed by atoms with Gasteiger partial charge < -0.3 is 15.5 Å². The maximum Gasteiger partial charge on any atom is 0.258 e. The number of rotatable bonds is 16. The summed E-state index contributed by atoms with van der Waals surface area (Å²) in [5, 5.41) is 5.37. The minimum absolute atomic E-state index is 0.0300. The summed E-state index contributed by atoms with van der Waals surface area (Å²) in [6, 6.07) is 3.73. The van der Waals surface area contributed by atoms with Gasteiger partial charge in [0.15, 0.2) is 5.67 Å². The van der Waals surface area contributed by atoms with Crippen molar-refractivity contribution >= 4 is 23.4 Å². The summed E-state index contributed by atoms with van der Waals surface area (Å²) in [6.07, 6.45) is 8.04. The first-order valence-corrected chi connectivity index (χ1v) is 15.0. The van der Waals surface area contributed by atoms with Gasteiger partial charge in [0.05, 0.1) is 5.69 Å². The summed E-state index contributed by atoms with van der Waals surface area (Å²) in [7, 11) is 0. The molecule has 39 heavy (non-hydrogen) atoms. The molecule has 3 fully saturated rings. The van der Waals surface area contributed by atoms with Crippen LogP contribution in [0.2, 0.25) is 0 Å². The van der Waals surface area contributed by atoms with E-state index in [1.807, 2.05) is 4.90 Å². The topological polar surface area (TPSA) is 78.5 Å². The number of nitrogens with zero attached hydrogens (tertiary/aromatic N) is 1. The van der Waals surface area contributed by atoms with Gasteiger partial charge in [-0.1, -0.05) is 39.7 Å². The first-order valence-electron chi connectivity index (χ1n) is 15.0. The minimum atomic E-state index is -1.87. The molecular weight excluding hydrogens is 500 g/mol. The standard InChI is InChI=1S/C31H45F2N3O3/c1-4-6-17-36(19-20(3)5-2)26(37)14-8-21-7-13-25(24(32)18-21)34-29(38)28(35-30(39)31(33)15-16-31)27(22-9-10-22)23-11-12-23/h7,13,18,20,22-23,27-28H,4-6,8-12,14-17,19H2,1-3H3,(H,34,38)(H,35,39)/t20-,28?/m1/s1. The van der Waals surface area contributed by atoms with E-state index in [1.54, 1.807) is 6.07 Å². The molecule has 8 heteroatoms. The van der Waals surface area contributed by atoms with E-state index in [0.29, 0.717) is 36.2 Å². The van der Waals surface area contributed by atoms with Gasteiger partial charge in [-0.3, -0.25) is 14.4 Å². The quantitative estimate of drug-likeness (QED) is 0.276. The van der Waals surface area contributed by atoms with Crippen molar-refractivity contribution in [3.8, 4) is 0 Å². The number of benzene rings is 1. The fourth-order valence-corrected chi connectivity index (χ4v) is 5.44. The minimum Gasteiger partial charge on any atom is -0.342 e. The number of alkyl halides is 1. The third kappa shape index (κ3) is 8.01. The Bertz CT molecular complexity index is 1020. The van der Waals surface area contributed by atoms with E-state index in [0.717, 1.165) is 58.0 Å². The van der Waals surface area contributed by atoms with Crippen LogP contribution in [0.3, 0.4) is 0 Å². The second kappa shape index (κ2) is 12.8. The summed E-state index contributed by atoms with van der Waals surface area (Å²) >= 11 is 0. The zero-order valence-corrected chi connectivity index (χ0v) is 23.7. The van der Waals surface area contributed by atoms with Crippen molar-refractivity contribution in [2.24, 2.45) is 23.7 Å². The van der Waals surface area contributed by atoms with Gasteiger partial charge in [0.25, 0.3) is 5.91 Å². The van der Waals surface area contributed by atoms with Gasteiger partial charge in [0.2, 0.25) is 11.8 Å². The Morgan fingerprint density at radius 3 is 2.31 bits per heavy atom. The van der Waals surface area contributed by atoms with E-state index in [2.05, 4.69) is 31.4 Å². The predicted octanol–water partition coefficient (Wildman–Crippen LogP) is 5.79. The molecular formula is C31H45F2N3O3. The monoisotopic (exact) mass is 545 g/mol. The number of hydrogen-bond donors (Lipinski definition) is 2. The number of nitrogens with one attached hydrogen (secondary N) is 2. The molecule has 3 aliphatic carbocycles. The van der Waals surface area contributed by atoms with Gasteiger partial charge in [-0.15, -0.1) is 0 Å². The van der Waals surface area contributed by atoms with Crippen LogP contribution in [0.1, 0.15) is 90.5 Å². The zero-order chi connectivity index (χ0) is 28.2. The van der Waals surface area contributed by atoms with Gasteiger partial charge in [0, 0.05) is 19.5 Å². The molecule has 3 aliphatic rings. The number of unbranched alkanes of at least 4 members (excludes halogenated alkanes) is 1. The Balaban J connectivity index is 1.38. The Hall–Kier alpha value is -2.51. The number of aryl methyl sites for hydroxylation is 1. The summed E-state index contributed by atoms with van der Waals surface area (Å²) < 4.78 is 29.5. The molecule has 3 amide bonds. The van der Waals surface area contributed by atoms with Gasteiger partial charge in [-0.05, 0) is 92.7 Å². The van der Waals surface area contributed by atoms with E-state index in [-0.39, 0.29) is 30.4 Å². The molecule has 2 atom stereocenters. The van der Waals surface area contributed by atoms with Gasteiger partial charge >= 0.3 is 0 Å². The lowest BCUT2D eigenvalue weighted by molar-refractivity contribution is -0.132. The molecule has 0 saturated heterocycles. The van der Waals surface area contributed by atoms with E-state index in [1.165, 1.54) is 12.1 Å². The average Bonchev–Trinajstić information content (AvgIpc) is 3.76. The van der Waals surface area contributed by atoms with Crippen LogP contribution < -0.4 is 10.6 Å². The lowest BCUT2D eigenvalue weighted by Crippen LogP contribution is -2.52. The lowest BCUT2D eigenvalue weighted by atomic mass is 9.88. The predicted molar refractivity (Wildman–Crippen MR) is 148 cm³/mol. The van der Waals surface area contributed by atoms with Crippen LogP contribution >= 0.6 is 0 Å². The maximum absolute atomic E-state index is 15.1. The summed E-state index contributed by atoms with van der Waals surface area (Å²) in [4.78, 5) is 40.7. The van der Waals surface area contributed by atoms with Crippen LogP contribution in [-0.2, 0) is 20.8 Å². The van der Waals surface area contributed by atoms with E-state index in [4.69, 9.17) is 0 Å². The molecule has 0 heterocycles. The molecule has 0 bridgehead atoms. The molecule has 4 rings (SSSR count). The molecule has 6 nitrogen and oxygen atoms in total. The third-order valence-corrected chi connectivity index (χ3v) is 8.66. The van der Waals surface area contributed by atoms with Crippen LogP contribution in [0.5, 0.6) is 0 Å². The second-order valence-corrected chi connectivity index (χ2v) is 12.2. The van der Waals surface area contributed by atoms with E-state index >= 15 is 4.39 Å². The summed E-state index contributed by atoms with van der Waals surface area (Å²) in [5.41, 5.74) is -1.16. The van der Waals surface area contributed by atoms with Gasteiger partial charge in [-0.2, -0.15) is 0 Å². The fourth-order valence-electron chi connectivity index (χ4n) is 5.44. The Kier molecular flexibility index (Phi) is 9.65. The first-order chi connectivity index (χ1) is 18.6. The lowest BCUT2D eigenvalue weighted by Gasteiger charge is -2.28. The van der Waals surface area contributed by atoms with Crippen LogP contribution in [0, 0.1) is 29.5 Å². The highest BCUT2D eigenvalue weighted by atomic mass is 19.1. The van der Waals surface area contributed by atoms with Crippen molar-refractivity contribution < 1.29 is 23.2 Å². The molecule has 2 N–H and O–H groups in total. The zero-order valence-electron chi connectivity index (χ0n) is 23.7. The third-order valence-electron chi connectivity index (χ3n) is 8.66. The molecule has 0 spiro atoms. The molecule has 0 radical (unpaired) electrons. The summed E-state index contributed by atoms with van der Waals surface area (Å²) in [5.74, 6) is -0.664. The molecule has 1 unspecified atom stereocenters. The molecule has 0 aliphatic heterocycles. The number of amides is 3. The number of carbonyl (C=O) groups excluding carboxylic acids is 3. The second-order valence-electron chi connectivity index (χ2n) is 12.2. The van der Waals surface area contributed by atoms with Crippen molar-refractivity contribution in [2.75, 3.05) is 18.4 Å². The van der Waals surface area contributed by atoms with Gasteiger partial charge in [-0.25, -0.2) is 8.78 Å². The molecule has 0 aromatic heterocycles. The van der Waals surface area contributed by atoms with E-state index < -0.39 is 29.3 Å². The normalized spacial score (nSPS) is 19.3. The SMILES string of the molecule is CCCCN(C[C@H](C)CC)C(=O)CCc1ccc(NC(=O)C(NC(=O)C2(F)CC2)C(C2CC2)C2CC2)c(F)c1. The number of anilines is 1. The first kappa shape index (κ1) is 29.5. The van der Waals surface area contributed by atoms with Gasteiger partial charge in [0.1, 0.15) is 11.9 Å². The number of halogens is 2. The highest BCUT2D eigenvalue weighted by Gasteiger charge is 2.54. The van der Waals surface area contributed by atoms with Crippen LogP contribution in [0.25, 0.3) is 0 Å². The molecule has 1 aromatic rings. The molecule has 1 aromatic carbocycles. The van der Waals surface area contributed by atoms with Crippen molar-refractivity contribution in [3.05, 3.63) is 29.6 Å². The Morgan fingerprint density at radius 1 is 1.10 bits per heavy atom. The highest BCUT2D eigenvalue weighted by Crippen LogP contribution is 2.51. The Morgan fingerprint density at radius 2 is 1.77 bits per heavy atom.